The van der Waals surface area contributed by atoms with Gasteiger partial charge in [-0.05, 0) is 35.9 Å². The van der Waals surface area contributed by atoms with Gasteiger partial charge in [0, 0.05) is 21.6 Å². The fraction of sp³-hybridized carbons (Fsp3) is 0.0625. The van der Waals surface area contributed by atoms with Crippen molar-refractivity contribution in [1.82, 2.24) is 4.98 Å². The number of nitrogens with one attached hydrogen (secondary N) is 2. The molecule has 0 saturated heterocycles. The Bertz CT molecular complexity index is 1090. The van der Waals surface area contributed by atoms with Gasteiger partial charge in [0.05, 0.1) is 10.7 Å². The van der Waals surface area contributed by atoms with Crippen LogP contribution in [0, 0.1) is 5.82 Å². The molecule has 12 heteroatoms. The third-order valence-corrected chi connectivity index (χ3v) is 6.44. The molecule has 0 unspecified atom stereocenters. The van der Waals surface area contributed by atoms with E-state index < -0.39 is 26.9 Å². The number of rotatable bonds is 6. The van der Waals surface area contributed by atoms with Crippen molar-refractivity contribution in [2.75, 3.05) is 10.0 Å². The maximum atomic E-state index is 14.5. The van der Waals surface area contributed by atoms with E-state index >= 15 is 0 Å². The standard InChI is InChI=1S/C16H12Cl3FN4O2S2/c17-9-3-8(4-10(18)5-9)15(21)23-13-7-12(20)14(6-11(13)19)28(25,26)24-16-22-1-2-27-16/h1-7,15,23H,21H2,(H,22,24)/t15-/m1/s1. The Balaban J connectivity index is 1.87. The molecule has 0 spiro atoms. The molecule has 2 aromatic carbocycles. The molecule has 0 bridgehead atoms. The molecule has 6 nitrogen and oxygen atoms in total. The molecular weight excluding hydrogens is 470 g/mol. The zero-order valence-corrected chi connectivity index (χ0v) is 17.7. The van der Waals surface area contributed by atoms with E-state index in [-0.39, 0.29) is 15.8 Å². The summed E-state index contributed by atoms with van der Waals surface area (Å²) in [6, 6.07) is 6.66. The summed E-state index contributed by atoms with van der Waals surface area (Å²) in [5.41, 5.74) is 6.70. The molecule has 0 aliphatic carbocycles. The van der Waals surface area contributed by atoms with Gasteiger partial charge < -0.3 is 11.1 Å². The first-order chi connectivity index (χ1) is 13.2. The van der Waals surface area contributed by atoms with E-state index in [1.807, 2.05) is 0 Å². The average Bonchev–Trinajstić information content (AvgIpc) is 3.09. The lowest BCUT2D eigenvalue weighted by Gasteiger charge is -2.18. The smallest absolute Gasteiger partial charge is 0.266 e. The molecule has 1 heterocycles. The van der Waals surface area contributed by atoms with Crippen molar-refractivity contribution in [3.8, 4) is 0 Å². The second-order valence-electron chi connectivity index (χ2n) is 5.53. The zero-order valence-electron chi connectivity index (χ0n) is 13.8. The van der Waals surface area contributed by atoms with Gasteiger partial charge in [0.25, 0.3) is 10.0 Å². The van der Waals surface area contributed by atoms with Crippen LogP contribution in [0.4, 0.5) is 15.2 Å². The highest BCUT2D eigenvalue weighted by Gasteiger charge is 2.23. The van der Waals surface area contributed by atoms with Crippen molar-refractivity contribution in [2.45, 2.75) is 11.1 Å². The van der Waals surface area contributed by atoms with E-state index in [4.69, 9.17) is 40.5 Å². The number of halogens is 4. The number of sulfonamides is 1. The highest BCUT2D eigenvalue weighted by Crippen LogP contribution is 2.32. The van der Waals surface area contributed by atoms with E-state index in [0.717, 1.165) is 23.5 Å². The molecule has 1 atom stereocenters. The molecule has 0 fully saturated rings. The summed E-state index contributed by atoms with van der Waals surface area (Å²) in [7, 11) is -4.20. The second-order valence-corrected chi connectivity index (χ2v) is 9.36. The lowest BCUT2D eigenvalue weighted by molar-refractivity contribution is 0.570. The first kappa shape index (κ1) is 21.1. The monoisotopic (exact) mass is 480 g/mol. The predicted molar refractivity (Wildman–Crippen MR) is 111 cm³/mol. The lowest BCUT2D eigenvalue weighted by atomic mass is 10.1. The molecule has 0 saturated carbocycles. The van der Waals surface area contributed by atoms with E-state index in [1.54, 1.807) is 23.6 Å². The van der Waals surface area contributed by atoms with Gasteiger partial charge in [-0.1, -0.05) is 34.8 Å². The summed E-state index contributed by atoms with van der Waals surface area (Å²) < 4.78 is 41.5. The molecule has 3 rings (SSSR count). The Morgan fingerprint density at radius 1 is 1.11 bits per heavy atom. The molecule has 28 heavy (non-hydrogen) atoms. The molecule has 0 radical (unpaired) electrons. The number of hydrogen-bond donors (Lipinski definition) is 3. The highest BCUT2D eigenvalue weighted by atomic mass is 35.5. The van der Waals surface area contributed by atoms with Crippen molar-refractivity contribution in [3.63, 3.8) is 0 Å². The first-order valence-corrected chi connectivity index (χ1v) is 11.0. The van der Waals surface area contributed by atoms with Crippen molar-refractivity contribution >= 4 is 67.0 Å². The number of nitrogens with zero attached hydrogens (tertiary/aromatic N) is 1. The molecule has 4 N–H and O–H groups in total. The van der Waals surface area contributed by atoms with Gasteiger partial charge in [0.2, 0.25) is 0 Å². The predicted octanol–water partition coefficient (Wildman–Crippen LogP) is 5.11. The molecular formula is C16H12Cl3FN4O2S2. The minimum atomic E-state index is -4.20. The van der Waals surface area contributed by atoms with Crippen molar-refractivity contribution in [1.29, 1.82) is 0 Å². The number of nitrogens with two attached hydrogens (primary N) is 1. The van der Waals surface area contributed by atoms with Crippen LogP contribution in [0.2, 0.25) is 15.1 Å². The van der Waals surface area contributed by atoms with Gasteiger partial charge in [0.15, 0.2) is 5.13 Å². The topological polar surface area (TPSA) is 97.1 Å². The fourth-order valence-electron chi connectivity index (χ4n) is 2.29. The number of aromatic nitrogens is 1. The summed E-state index contributed by atoms with van der Waals surface area (Å²) in [4.78, 5) is 3.19. The third kappa shape index (κ3) is 4.86. The largest absolute Gasteiger partial charge is 0.365 e. The van der Waals surface area contributed by atoms with Crippen LogP contribution in [0.3, 0.4) is 0 Å². The van der Waals surface area contributed by atoms with Gasteiger partial charge in [-0.25, -0.2) is 17.8 Å². The van der Waals surface area contributed by atoms with Crippen LogP contribution < -0.4 is 15.8 Å². The molecule has 1 aromatic heterocycles. The fourth-order valence-corrected chi connectivity index (χ4v) is 5.00. The molecule has 148 valence electrons. The minimum absolute atomic E-state index is 0.0375. The highest BCUT2D eigenvalue weighted by molar-refractivity contribution is 7.93. The van der Waals surface area contributed by atoms with E-state index in [9.17, 15) is 12.8 Å². The maximum absolute atomic E-state index is 14.5. The maximum Gasteiger partial charge on any atom is 0.266 e. The second kappa shape index (κ2) is 8.40. The minimum Gasteiger partial charge on any atom is -0.365 e. The van der Waals surface area contributed by atoms with Crippen LogP contribution in [0.5, 0.6) is 0 Å². The summed E-state index contributed by atoms with van der Waals surface area (Å²) in [6.45, 7) is 0. The Kier molecular flexibility index (Phi) is 6.33. The average molecular weight is 482 g/mol. The van der Waals surface area contributed by atoms with E-state index in [2.05, 4.69) is 15.0 Å². The number of hydrogen-bond acceptors (Lipinski definition) is 6. The Morgan fingerprint density at radius 3 is 2.39 bits per heavy atom. The normalized spacial score (nSPS) is 12.6. The Hall–Kier alpha value is -1.62. The van der Waals surface area contributed by atoms with Crippen LogP contribution in [-0.2, 0) is 10.0 Å². The van der Waals surface area contributed by atoms with Crippen LogP contribution in [0.1, 0.15) is 11.7 Å². The first-order valence-electron chi connectivity index (χ1n) is 7.55. The summed E-state index contributed by atoms with van der Waals surface area (Å²) in [6.07, 6.45) is 0.603. The van der Waals surface area contributed by atoms with Gasteiger partial charge in [0.1, 0.15) is 16.9 Å². The third-order valence-electron chi connectivity index (χ3n) is 3.52. The zero-order chi connectivity index (χ0) is 20.5. The van der Waals surface area contributed by atoms with Crippen LogP contribution in [0.15, 0.2) is 46.8 Å². The van der Waals surface area contributed by atoms with Gasteiger partial charge >= 0.3 is 0 Å². The Labute approximate surface area is 179 Å². The number of anilines is 2. The van der Waals surface area contributed by atoms with E-state index in [1.165, 1.54) is 6.20 Å². The van der Waals surface area contributed by atoms with Crippen molar-refractivity contribution in [2.24, 2.45) is 5.73 Å². The molecule has 0 aliphatic heterocycles. The summed E-state index contributed by atoms with van der Waals surface area (Å²) in [5.74, 6) is -1.01. The van der Waals surface area contributed by atoms with Crippen LogP contribution in [0.25, 0.3) is 0 Å². The van der Waals surface area contributed by atoms with Gasteiger partial charge in [-0.2, -0.15) is 0 Å². The van der Waals surface area contributed by atoms with E-state index in [0.29, 0.717) is 15.6 Å². The quantitative estimate of drug-likeness (QED) is 0.425. The Morgan fingerprint density at radius 2 is 1.79 bits per heavy atom. The van der Waals surface area contributed by atoms with Crippen LogP contribution >= 0.6 is 46.1 Å². The molecule has 0 aliphatic rings. The summed E-state index contributed by atoms with van der Waals surface area (Å²) in [5, 5.41) is 5.22. The molecule has 3 aromatic rings. The van der Waals surface area contributed by atoms with Gasteiger partial charge in [-0.3, -0.25) is 4.72 Å². The van der Waals surface area contributed by atoms with Crippen molar-refractivity contribution < 1.29 is 12.8 Å². The lowest BCUT2D eigenvalue weighted by Crippen LogP contribution is -2.21. The molecule has 0 amide bonds. The van der Waals surface area contributed by atoms with Crippen LogP contribution in [-0.4, -0.2) is 13.4 Å². The van der Waals surface area contributed by atoms with Gasteiger partial charge in [-0.15, -0.1) is 11.3 Å². The number of benzene rings is 2. The SMILES string of the molecule is N[C@H](Nc1cc(F)c(S(=O)(=O)Nc2nccs2)cc1Cl)c1cc(Cl)cc(Cl)c1. The summed E-state index contributed by atoms with van der Waals surface area (Å²) >= 11 is 19.1. The number of thiazole rings is 1. The van der Waals surface area contributed by atoms with Crippen molar-refractivity contribution in [3.05, 3.63) is 68.4 Å².